The van der Waals surface area contributed by atoms with Gasteiger partial charge in [-0.05, 0) is 68.7 Å². The number of carbonyl (C=O) groups is 1. The molecule has 0 unspecified atom stereocenters. The van der Waals surface area contributed by atoms with Gasteiger partial charge in [-0.3, -0.25) is 9.10 Å². The quantitative estimate of drug-likeness (QED) is 0.831. The Morgan fingerprint density at radius 2 is 1.65 bits per heavy atom. The number of benzene rings is 2. The van der Waals surface area contributed by atoms with Gasteiger partial charge in [-0.25, -0.2) is 8.42 Å². The van der Waals surface area contributed by atoms with E-state index in [0.717, 1.165) is 27.3 Å². The molecule has 0 aromatic heterocycles. The van der Waals surface area contributed by atoms with Crippen LogP contribution in [0.15, 0.2) is 36.4 Å². The normalized spacial score (nSPS) is 12.5. The maximum Gasteiger partial charge on any atom is 0.248 e. The largest absolute Gasteiger partial charge is 0.324 e. The van der Waals surface area contributed by atoms with Crippen LogP contribution in [0, 0.1) is 20.8 Å². The predicted octanol–water partition coefficient (Wildman–Crippen LogP) is 4.06. The zero-order valence-corrected chi connectivity index (χ0v) is 17.1. The van der Waals surface area contributed by atoms with Crippen LogP contribution in [0.4, 0.5) is 11.4 Å². The van der Waals surface area contributed by atoms with Gasteiger partial charge in [0.1, 0.15) is 6.04 Å². The van der Waals surface area contributed by atoms with Gasteiger partial charge in [0.05, 0.1) is 11.9 Å². The Kier molecular flexibility index (Phi) is 5.98. The highest BCUT2D eigenvalue weighted by Crippen LogP contribution is 2.25. The molecule has 2 aromatic rings. The molecule has 0 aliphatic rings. The molecule has 0 saturated heterocycles. The van der Waals surface area contributed by atoms with Crippen molar-refractivity contribution in [2.75, 3.05) is 15.9 Å². The fourth-order valence-corrected chi connectivity index (χ4v) is 3.98. The zero-order chi connectivity index (χ0) is 19.6. The second kappa shape index (κ2) is 7.68. The minimum atomic E-state index is -3.66. The van der Waals surface area contributed by atoms with E-state index in [-0.39, 0.29) is 0 Å². The zero-order valence-electron chi connectivity index (χ0n) is 15.5. The number of amides is 1. The van der Waals surface area contributed by atoms with Crippen molar-refractivity contribution < 1.29 is 13.2 Å². The van der Waals surface area contributed by atoms with E-state index in [2.05, 4.69) is 5.32 Å². The van der Waals surface area contributed by atoms with Crippen LogP contribution in [0.25, 0.3) is 0 Å². The highest BCUT2D eigenvalue weighted by Gasteiger charge is 2.29. The van der Waals surface area contributed by atoms with E-state index in [4.69, 9.17) is 11.6 Å². The molecule has 5 nitrogen and oxygen atoms in total. The number of aryl methyl sites for hydroxylation is 3. The molecule has 2 rings (SSSR count). The summed E-state index contributed by atoms with van der Waals surface area (Å²) in [6.07, 6.45) is 1.09. The van der Waals surface area contributed by atoms with E-state index in [9.17, 15) is 13.2 Å². The fraction of sp³-hybridized carbons (Fsp3) is 0.316. The van der Waals surface area contributed by atoms with E-state index in [0.29, 0.717) is 16.4 Å². The third-order valence-electron chi connectivity index (χ3n) is 4.29. The minimum Gasteiger partial charge on any atom is -0.324 e. The van der Waals surface area contributed by atoms with E-state index in [1.54, 1.807) is 37.3 Å². The van der Waals surface area contributed by atoms with Gasteiger partial charge >= 0.3 is 0 Å². The van der Waals surface area contributed by atoms with Crippen molar-refractivity contribution in [1.29, 1.82) is 0 Å². The van der Waals surface area contributed by atoms with E-state index < -0.39 is 22.0 Å². The van der Waals surface area contributed by atoms with Gasteiger partial charge in [0.25, 0.3) is 0 Å². The van der Waals surface area contributed by atoms with Gasteiger partial charge in [0.15, 0.2) is 0 Å². The van der Waals surface area contributed by atoms with Crippen LogP contribution in [0.2, 0.25) is 5.02 Å². The van der Waals surface area contributed by atoms with Gasteiger partial charge in [-0.15, -0.1) is 0 Å². The number of carbonyl (C=O) groups excluding carboxylic acids is 1. The smallest absolute Gasteiger partial charge is 0.248 e. The molecule has 1 N–H and O–H groups in total. The van der Waals surface area contributed by atoms with E-state index in [1.165, 1.54) is 0 Å². The highest BCUT2D eigenvalue weighted by atomic mass is 35.5. The number of hydrogen-bond acceptors (Lipinski definition) is 3. The molecular formula is C19H23ClN2O3S. The lowest BCUT2D eigenvalue weighted by Gasteiger charge is -2.29. The predicted molar refractivity (Wildman–Crippen MR) is 108 cm³/mol. The molecule has 0 saturated carbocycles. The Morgan fingerprint density at radius 3 is 2.23 bits per heavy atom. The number of hydrogen-bond donors (Lipinski definition) is 1. The third kappa shape index (κ3) is 4.56. The highest BCUT2D eigenvalue weighted by molar-refractivity contribution is 7.92. The van der Waals surface area contributed by atoms with Crippen LogP contribution in [0.1, 0.15) is 23.6 Å². The average molecular weight is 395 g/mol. The van der Waals surface area contributed by atoms with Crippen molar-refractivity contribution >= 4 is 38.9 Å². The number of nitrogens with zero attached hydrogens (tertiary/aromatic N) is 1. The molecule has 1 atom stereocenters. The van der Waals surface area contributed by atoms with Crippen LogP contribution in [0.5, 0.6) is 0 Å². The molecule has 0 aliphatic carbocycles. The van der Waals surface area contributed by atoms with Gasteiger partial charge in [0.2, 0.25) is 15.9 Å². The minimum absolute atomic E-state index is 0.431. The van der Waals surface area contributed by atoms with Gasteiger partial charge < -0.3 is 5.32 Å². The second-order valence-electron chi connectivity index (χ2n) is 6.45. The van der Waals surface area contributed by atoms with E-state index >= 15 is 0 Å². The summed E-state index contributed by atoms with van der Waals surface area (Å²) in [5.41, 5.74) is 3.86. The molecule has 1 amide bonds. The van der Waals surface area contributed by atoms with Gasteiger partial charge in [-0.1, -0.05) is 23.7 Å². The number of rotatable bonds is 5. The van der Waals surface area contributed by atoms with Crippen molar-refractivity contribution in [1.82, 2.24) is 0 Å². The molecule has 0 fully saturated rings. The molecular weight excluding hydrogens is 372 g/mol. The Morgan fingerprint density at radius 1 is 1.04 bits per heavy atom. The Balaban J connectivity index is 2.37. The SMILES string of the molecule is Cc1ccc(N([C@@H](C)C(=O)Nc2cc(Cl)ccc2C)S(C)(=O)=O)cc1C. The molecule has 7 heteroatoms. The Hall–Kier alpha value is -2.05. The maximum atomic E-state index is 12.7. The van der Waals surface area contributed by atoms with Crippen molar-refractivity contribution in [2.45, 2.75) is 33.7 Å². The summed E-state index contributed by atoms with van der Waals surface area (Å²) in [6.45, 7) is 7.25. The summed E-state index contributed by atoms with van der Waals surface area (Å²) in [6, 6.07) is 9.55. The molecule has 0 spiro atoms. The molecule has 0 bridgehead atoms. The van der Waals surface area contributed by atoms with Crippen LogP contribution in [-0.4, -0.2) is 26.6 Å². The lowest BCUT2D eigenvalue weighted by molar-refractivity contribution is -0.116. The summed E-state index contributed by atoms with van der Waals surface area (Å²) in [5, 5.41) is 3.26. The summed E-state index contributed by atoms with van der Waals surface area (Å²) < 4.78 is 25.9. The lowest BCUT2D eigenvalue weighted by Crippen LogP contribution is -2.45. The lowest BCUT2D eigenvalue weighted by atomic mass is 10.1. The molecule has 2 aromatic carbocycles. The van der Waals surface area contributed by atoms with Crippen molar-refractivity contribution in [3.8, 4) is 0 Å². The maximum absolute atomic E-state index is 12.7. The van der Waals surface area contributed by atoms with E-state index in [1.807, 2.05) is 26.8 Å². The van der Waals surface area contributed by atoms with Crippen LogP contribution >= 0.6 is 11.6 Å². The van der Waals surface area contributed by atoms with Crippen LogP contribution in [0.3, 0.4) is 0 Å². The first-order chi connectivity index (χ1) is 12.0. The standard InChI is InChI=1S/C19H23ClN2O3S/c1-12-7-9-17(10-14(12)3)22(26(5,24)25)15(4)19(23)21-18-11-16(20)8-6-13(18)2/h6-11,15H,1-5H3,(H,21,23)/t15-/m0/s1. The monoisotopic (exact) mass is 394 g/mol. The molecule has 0 aliphatic heterocycles. The van der Waals surface area contributed by atoms with Gasteiger partial charge in [0, 0.05) is 10.7 Å². The fourth-order valence-electron chi connectivity index (χ4n) is 2.64. The van der Waals surface area contributed by atoms with Crippen molar-refractivity contribution in [3.05, 3.63) is 58.1 Å². The third-order valence-corrected chi connectivity index (χ3v) is 5.77. The number of halogens is 1. The first-order valence-electron chi connectivity index (χ1n) is 8.14. The number of nitrogens with one attached hydrogen (secondary N) is 1. The van der Waals surface area contributed by atoms with Crippen molar-refractivity contribution in [2.24, 2.45) is 0 Å². The first kappa shape index (κ1) is 20.3. The molecule has 0 heterocycles. The average Bonchev–Trinajstić information content (AvgIpc) is 2.53. The molecule has 0 radical (unpaired) electrons. The number of anilines is 2. The Bertz CT molecular complexity index is 942. The number of sulfonamides is 1. The molecule has 140 valence electrons. The van der Waals surface area contributed by atoms with Crippen LogP contribution in [-0.2, 0) is 14.8 Å². The topological polar surface area (TPSA) is 66.5 Å². The second-order valence-corrected chi connectivity index (χ2v) is 8.75. The van der Waals surface area contributed by atoms with Gasteiger partial charge in [-0.2, -0.15) is 0 Å². The first-order valence-corrected chi connectivity index (χ1v) is 10.4. The van der Waals surface area contributed by atoms with Crippen LogP contribution < -0.4 is 9.62 Å². The summed E-state index contributed by atoms with van der Waals surface area (Å²) in [4.78, 5) is 12.7. The Labute approximate surface area is 160 Å². The summed E-state index contributed by atoms with van der Waals surface area (Å²) in [7, 11) is -3.66. The summed E-state index contributed by atoms with van der Waals surface area (Å²) in [5.74, 6) is -0.431. The summed E-state index contributed by atoms with van der Waals surface area (Å²) >= 11 is 5.99. The van der Waals surface area contributed by atoms with Crippen molar-refractivity contribution in [3.63, 3.8) is 0 Å². The molecule has 26 heavy (non-hydrogen) atoms.